The summed E-state index contributed by atoms with van der Waals surface area (Å²) in [6, 6.07) is 10.4. The van der Waals surface area contributed by atoms with Crippen LogP contribution >= 0.6 is 0 Å². The Balaban J connectivity index is 2.50. The van der Waals surface area contributed by atoms with Crippen molar-refractivity contribution < 1.29 is 9.53 Å². The molecule has 1 atom stereocenters. The third-order valence-corrected chi connectivity index (χ3v) is 1.98. The summed E-state index contributed by atoms with van der Waals surface area (Å²) in [7, 11) is 0. The van der Waals surface area contributed by atoms with E-state index in [1.807, 2.05) is 38.1 Å². The number of carbonyl (C=O) groups is 1. The summed E-state index contributed by atoms with van der Waals surface area (Å²) in [5, 5.41) is 0. The summed E-state index contributed by atoms with van der Waals surface area (Å²) < 4.78 is 5.22. The van der Waals surface area contributed by atoms with E-state index in [4.69, 9.17) is 4.74 Å². The Morgan fingerprint density at radius 3 is 2.71 bits per heavy atom. The number of hydrogen-bond acceptors (Lipinski definition) is 2. The predicted molar refractivity (Wildman–Crippen MR) is 54.7 cm³/mol. The van der Waals surface area contributed by atoms with E-state index < -0.39 is 0 Å². The summed E-state index contributed by atoms with van der Waals surface area (Å²) in [5.41, 5.74) is 1.01. The van der Waals surface area contributed by atoms with Crippen LogP contribution in [0.1, 0.15) is 38.4 Å². The van der Waals surface area contributed by atoms with Crippen molar-refractivity contribution in [2.75, 3.05) is 0 Å². The minimum Gasteiger partial charge on any atom is -0.458 e. The third-order valence-electron chi connectivity index (χ3n) is 1.98. The van der Waals surface area contributed by atoms with E-state index in [0.717, 1.165) is 12.0 Å². The molecule has 0 fully saturated rings. The molecule has 1 radical (unpaired) electrons. The zero-order valence-electron chi connectivity index (χ0n) is 8.62. The Morgan fingerprint density at radius 1 is 1.50 bits per heavy atom. The Hall–Kier alpha value is -1.31. The van der Waals surface area contributed by atoms with Gasteiger partial charge in [-0.2, -0.15) is 0 Å². The zero-order valence-corrected chi connectivity index (χ0v) is 8.62. The summed E-state index contributed by atoms with van der Waals surface area (Å²) in [4.78, 5) is 11.2. The van der Waals surface area contributed by atoms with Gasteiger partial charge in [0.15, 0.2) is 0 Å². The van der Waals surface area contributed by atoms with Crippen LogP contribution in [0.2, 0.25) is 0 Å². The van der Waals surface area contributed by atoms with Crippen LogP contribution in [0.15, 0.2) is 24.3 Å². The normalized spacial score (nSPS) is 12.1. The summed E-state index contributed by atoms with van der Waals surface area (Å²) in [6.07, 6.45) is 1.15. The quantitative estimate of drug-likeness (QED) is 0.684. The topological polar surface area (TPSA) is 26.3 Å². The van der Waals surface area contributed by atoms with Crippen molar-refractivity contribution in [3.63, 3.8) is 0 Å². The molecular weight excluding hydrogens is 176 g/mol. The number of benzene rings is 1. The molecule has 0 saturated carbocycles. The van der Waals surface area contributed by atoms with Crippen molar-refractivity contribution in [1.29, 1.82) is 0 Å². The second-order valence-electron chi connectivity index (χ2n) is 3.22. The van der Waals surface area contributed by atoms with Crippen molar-refractivity contribution in [2.24, 2.45) is 0 Å². The van der Waals surface area contributed by atoms with Crippen molar-refractivity contribution in [3.05, 3.63) is 35.9 Å². The van der Waals surface area contributed by atoms with Gasteiger partial charge in [-0.1, -0.05) is 31.2 Å². The van der Waals surface area contributed by atoms with Crippen LogP contribution < -0.4 is 0 Å². The molecule has 0 aliphatic heterocycles. The first kappa shape index (κ1) is 10.8. The smallest absolute Gasteiger partial charge is 0.306 e. The summed E-state index contributed by atoms with van der Waals surface area (Å²) >= 11 is 0. The standard InChI is InChI=1S/C12H15O2/c1-3-7-12(13)14-10(2)11-8-5-4-6-9-11/h5-6,8-10H,3,7H2,1-2H3. The van der Waals surface area contributed by atoms with Crippen molar-refractivity contribution >= 4 is 5.97 Å². The summed E-state index contributed by atoms with van der Waals surface area (Å²) in [5.74, 6) is -0.132. The van der Waals surface area contributed by atoms with Gasteiger partial charge in [-0.3, -0.25) is 4.79 Å². The number of hydrogen-bond donors (Lipinski definition) is 0. The molecule has 14 heavy (non-hydrogen) atoms. The Kier molecular flexibility index (Phi) is 4.17. The molecular formula is C12H15O2. The second-order valence-corrected chi connectivity index (χ2v) is 3.22. The Morgan fingerprint density at radius 2 is 2.14 bits per heavy atom. The van der Waals surface area contributed by atoms with Gasteiger partial charge in [-0.15, -0.1) is 0 Å². The number of rotatable bonds is 4. The molecule has 1 rings (SSSR count). The van der Waals surface area contributed by atoms with Crippen LogP contribution in [0.3, 0.4) is 0 Å². The van der Waals surface area contributed by atoms with Gasteiger partial charge in [-0.05, 0) is 25.0 Å². The Bertz CT molecular complexity index is 280. The van der Waals surface area contributed by atoms with Crippen molar-refractivity contribution in [3.8, 4) is 0 Å². The number of ether oxygens (including phenoxy) is 1. The van der Waals surface area contributed by atoms with Gasteiger partial charge in [0.25, 0.3) is 0 Å². The SMILES string of the molecule is CCCC(=O)OC(C)c1cc[c]cc1. The molecule has 75 valence electrons. The van der Waals surface area contributed by atoms with Crippen molar-refractivity contribution in [2.45, 2.75) is 32.8 Å². The molecule has 0 saturated heterocycles. The van der Waals surface area contributed by atoms with Gasteiger partial charge in [0.05, 0.1) is 0 Å². The molecule has 0 aliphatic rings. The Labute approximate surface area is 84.9 Å². The zero-order chi connectivity index (χ0) is 10.4. The molecule has 1 aromatic carbocycles. The molecule has 0 aromatic heterocycles. The van der Waals surface area contributed by atoms with Crippen LogP contribution in [0.4, 0.5) is 0 Å². The fourth-order valence-corrected chi connectivity index (χ4v) is 1.20. The molecule has 1 unspecified atom stereocenters. The maximum atomic E-state index is 11.2. The lowest BCUT2D eigenvalue weighted by Gasteiger charge is -2.12. The molecule has 2 nitrogen and oxygen atoms in total. The molecule has 0 heterocycles. The van der Waals surface area contributed by atoms with E-state index in [1.54, 1.807) is 0 Å². The molecule has 0 spiro atoms. The molecule has 2 heteroatoms. The second kappa shape index (κ2) is 5.43. The van der Waals surface area contributed by atoms with Gasteiger partial charge in [0.2, 0.25) is 0 Å². The highest BCUT2D eigenvalue weighted by Crippen LogP contribution is 2.16. The number of carbonyl (C=O) groups excluding carboxylic acids is 1. The molecule has 0 aliphatic carbocycles. The predicted octanol–water partition coefficient (Wildman–Crippen LogP) is 2.89. The highest BCUT2D eigenvalue weighted by molar-refractivity contribution is 5.69. The van der Waals surface area contributed by atoms with Gasteiger partial charge >= 0.3 is 5.97 Å². The third kappa shape index (κ3) is 3.21. The molecule has 0 amide bonds. The van der Waals surface area contributed by atoms with E-state index in [0.29, 0.717) is 6.42 Å². The lowest BCUT2D eigenvalue weighted by molar-refractivity contribution is -0.148. The van der Waals surface area contributed by atoms with Gasteiger partial charge in [-0.25, -0.2) is 0 Å². The van der Waals surface area contributed by atoms with Crippen molar-refractivity contribution in [1.82, 2.24) is 0 Å². The van der Waals surface area contributed by atoms with Crippen LogP contribution in [0, 0.1) is 6.07 Å². The summed E-state index contributed by atoms with van der Waals surface area (Å²) in [6.45, 7) is 3.84. The fourth-order valence-electron chi connectivity index (χ4n) is 1.20. The average Bonchev–Trinajstić information content (AvgIpc) is 2.19. The van der Waals surface area contributed by atoms with E-state index in [2.05, 4.69) is 6.07 Å². The maximum Gasteiger partial charge on any atom is 0.306 e. The van der Waals surface area contributed by atoms with Crippen LogP contribution in [-0.4, -0.2) is 5.97 Å². The van der Waals surface area contributed by atoms with Crippen LogP contribution in [-0.2, 0) is 9.53 Å². The number of esters is 1. The first-order chi connectivity index (χ1) is 6.74. The van der Waals surface area contributed by atoms with E-state index in [-0.39, 0.29) is 12.1 Å². The molecule has 1 aromatic rings. The van der Waals surface area contributed by atoms with E-state index in [1.165, 1.54) is 0 Å². The van der Waals surface area contributed by atoms with Gasteiger partial charge < -0.3 is 4.74 Å². The lowest BCUT2D eigenvalue weighted by atomic mass is 10.1. The highest BCUT2D eigenvalue weighted by atomic mass is 16.5. The fraction of sp³-hybridized carbons (Fsp3) is 0.417. The van der Waals surface area contributed by atoms with E-state index in [9.17, 15) is 4.79 Å². The van der Waals surface area contributed by atoms with Gasteiger partial charge in [0, 0.05) is 6.42 Å². The maximum absolute atomic E-state index is 11.2. The van der Waals surface area contributed by atoms with Crippen LogP contribution in [0.5, 0.6) is 0 Å². The minimum absolute atomic E-state index is 0.132. The average molecular weight is 191 g/mol. The van der Waals surface area contributed by atoms with Gasteiger partial charge in [0.1, 0.15) is 6.10 Å². The minimum atomic E-state index is -0.163. The first-order valence-corrected chi connectivity index (χ1v) is 4.89. The monoisotopic (exact) mass is 191 g/mol. The molecule has 0 N–H and O–H groups in total. The van der Waals surface area contributed by atoms with Crippen LogP contribution in [0.25, 0.3) is 0 Å². The molecule has 0 bridgehead atoms. The first-order valence-electron chi connectivity index (χ1n) is 4.89. The van der Waals surface area contributed by atoms with E-state index >= 15 is 0 Å². The lowest BCUT2D eigenvalue weighted by Crippen LogP contribution is -2.07. The largest absolute Gasteiger partial charge is 0.458 e. The highest BCUT2D eigenvalue weighted by Gasteiger charge is 2.09.